The monoisotopic (exact) mass is 258 g/mol. The first-order chi connectivity index (χ1) is 8.29. The number of nitrogens with one attached hydrogen (secondary N) is 2. The quantitative estimate of drug-likeness (QED) is 0.670. The van der Waals surface area contributed by atoms with E-state index in [1.165, 1.54) is 0 Å². The Balaban J connectivity index is 2.12. The van der Waals surface area contributed by atoms with E-state index in [0.717, 1.165) is 12.2 Å². The van der Waals surface area contributed by atoms with Crippen molar-refractivity contribution in [3.05, 3.63) is 16.9 Å². The maximum atomic E-state index is 8.73. The summed E-state index contributed by atoms with van der Waals surface area (Å²) in [5.41, 5.74) is 0.748. The number of hydrogen-bond donors (Lipinski definition) is 3. The first-order valence-electron chi connectivity index (χ1n) is 5.51. The molecule has 1 saturated heterocycles. The normalized spacial score (nSPS) is 20.2. The van der Waals surface area contributed by atoms with Gasteiger partial charge < -0.3 is 20.5 Å². The molecule has 1 aromatic rings. The van der Waals surface area contributed by atoms with Crippen LogP contribution in [-0.2, 0) is 4.74 Å². The van der Waals surface area contributed by atoms with Gasteiger partial charge in [-0.25, -0.2) is 9.97 Å². The van der Waals surface area contributed by atoms with Crippen molar-refractivity contribution in [2.24, 2.45) is 0 Å². The summed E-state index contributed by atoms with van der Waals surface area (Å²) in [6, 6.07) is 1.70. The van der Waals surface area contributed by atoms with E-state index in [-0.39, 0.29) is 12.7 Å². The Bertz CT molecular complexity index is 371. The molecule has 0 spiro atoms. The molecule has 2 rings (SSSR count). The molecule has 1 fully saturated rings. The van der Waals surface area contributed by atoms with Crippen LogP contribution in [0, 0.1) is 0 Å². The lowest BCUT2D eigenvalue weighted by Gasteiger charge is -2.23. The average Bonchev–Trinajstić information content (AvgIpc) is 2.37. The number of ether oxygens (including phenoxy) is 1. The molecule has 0 aromatic carbocycles. The summed E-state index contributed by atoms with van der Waals surface area (Å²) >= 11 is 5.92. The fourth-order valence-electron chi connectivity index (χ4n) is 1.60. The summed E-state index contributed by atoms with van der Waals surface area (Å²) < 4.78 is 5.59. The Morgan fingerprint density at radius 2 is 2.47 bits per heavy atom. The second-order valence-corrected chi connectivity index (χ2v) is 4.04. The molecular weight excluding hydrogens is 244 g/mol. The van der Waals surface area contributed by atoms with Gasteiger partial charge in [0.2, 0.25) is 5.95 Å². The second kappa shape index (κ2) is 6.11. The number of rotatable bonds is 4. The van der Waals surface area contributed by atoms with Gasteiger partial charge >= 0.3 is 0 Å². The molecule has 0 amide bonds. The van der Waals surface area contributed by atoms with E-state index in [1.807, 2.05) is 0 Å². The van der Waals surface area contributed by atoms with Gasteiger partial charge in [-0.05, 0) is 6.07 Å². The van der Waals surface area contributed by atoms with Gasteiger partial charge in [-0.1, -0.05) is 11.6 Å². The van der Waals surface area contributed by atoms with E-state index in [9.17, 15) is 0 Å². The number of morpholine rings is 1. The second-order valence-electron chi connectivity index (χ2n) is 3.65. The third-order valence-corrected chi connectivity index (χ3v) is 2.56. The molecule has 1 aromatic heterocycles. The van der Waals surface area contributed by atoms with Crippen LogP contribution in [0.4, 0.5) is 5.95 Å². The number of nitrogens with zero attached hydrogens (tertiary/aromatic N) is 2. The highest BCUT2D eigenvalue weighted by atomic mass is 35.5. The van der Waals surface area contributed by atoms with Crippen molar-refractivity contribution in [2.45, 2.75) is 6.10 Å². The van der Waals surface area contributed by atoms with E-state index >= 15 is 0 Å². The topological polar surface area (TPSA) is 79.3 Å². The van der Waals surface area contributed by atoms with Crippen molar-refractivity contribution in [1.82, 2.24) is 15.3 Å². The number of aliphatic hydroxyl groups is 1. The largest absolute Gasteiger partial charge is 0.395 e. The summed E-state index contributed by atoms with van der Waals surface area (Å²) in [5, 5.41) is 15.2. The van der Waals surface area contributed by atoms with Gasteiger partial charge in [0.1, 0.15) is 11.3 Å². The van der Waals surface area contributed by atoms with E-state index < -0.39 is 0 Å². The van der Waals surface area contributed by atoms with Crippen molar-refractivity contribution in [3.8, 4) is 0 Å². The van der Waals surface area contributed by atoms with Crippen LogP contribution >= 0.6 is 11.6 Å². The van der Waals surface area contributed by atoms with E-state index in [2.05, 4.69) is 20.6 Å². The Hall–Kier alpha value is -0.950. The van der Waals surface area contributed by atoms with Gasteiger partial charge in [0, 0.05) is 19.6 Å². The predicted molar refractivity (Wildman–Crippen MR) is 64.2 cm³/mol. The van der Waals surface area contributed by atoms with Crippen LogP contribution in [0.25, 0.3) is 0 Å². The van der Waals surface area contributed by atoms with Gasteiger partial charge in [-0.2, -0.15) is 0 Å². The van der Waals surface area contributed by atoms with Crippen molar-refractivity contribution in [1.29, 1.82) is 0 Å². The van der Waals surface area contributed by atoms with Crippen LogP contribution in [0.2, 0.25) is 5.15 Å². The molecule has 1 unspecified atom stereocenters. The Kier molecular flexibility index (Phi) is 4.49. The van der Waals surface area contributed by atoms with Crippen molar-refractivity contribution in [2.75, 3.05) is 38.2 Å². The fourth-order valence-corrected chi connectivity index (χ4v) is 1.79. The third-order valence-electron chi connectivity index (χ3n) is 2.37. The van der Waals surface area contributed by atoms with E-state index in [4.69, 9.17) is 21.4 Å². The van der Waals surface area contributed by atoms with Gasteiger partial charge in [0.05, 0.1) is 18.9 Å². The van der Waals surface area contributed by atoms with Crippen molar-refractivity contribution >= 4 is 17.5 Å². The smallest absolute Gasteiger partial charge is 0.224 e. The molecule has 7 heteroatoms. The van der Waals surface area contributed by atoms with Gasteiger partial charge in [-0.15, -0.1) is 0 Å². The van der Waals surface area contributed by atoms with Gasteiger partial charge in [-0.3, -0.25) is 0 Å². The zero-order valence-corrected chi connectivity index (χ0v) is 10.1. The average molecular weight is 259 g/mol. The predicted octanol–water partition coefficient (Wildman–Crippen LogP) is 0.195. The van der Waals surface area contributed by atoms with Crippen LogP contribution in [0.1, 0.15) is 11.8 Å². The molecule has 2 heterocycles. The van der Waals surface area contributed by atoms with Crippen LogP contribution in [0.15, 0.2) is 6.07 Å². The van der Waals surface area contributed by atoms with E-state index in [0.29, 0.717) is 30.8 Å². The minimum atomic E-state index is -0.0982. The van der Waals surface area contributed by atoms with Crippen molar-refractivity contribution in [3.63, 3.8) is 0 Å². The zero-order chi connectivity index (χ0) is 12.1. The number of hydrogen-bond acceptors (Lipinski definition) is 6. The molecule has 1 atom stereocenters. The standard InChI is InChI=1S/C10H15ClN4O2/c11-9-5-7(8-6-12-2-4-17-8)14-10(15-9)13-1-3-16/h5,8,12,16H,1-4,6H2,(H,13,14,15). The lowest BCUT2D eigenvalue weighted by molar-refractivity contribution is 0.0250. The highest BCUT2D eigenvalue weighted by Crippen LogP contribution is 2.20. The van der Waals surface area contributed by atoms with E-state index in [1.54, 1.807) is 6.07 Å². The first-order valence-corrected chi connectivity index (χ1v) is 5.89. The van der Waals surface area contributed by atoms with Gasteiger partial charge in [0.25, 0.3) is 0 Å². The van der Waals surface area contributed by atoms with Crippen LogP contribution in [0.3, 0.4) is 0 Å². The highest BCUT2D eigenvalue weighted by molar-refractivity contribution is 6.29. The molecule has 0 radical (unpaired) electrons. The lowest BCUT2D eigenvalue weighted by atomic mass is 10.2. The van der Waals surface area contributed by atoms with Gasteiger partial charge in [0.15, 0.2) is 0 Å². The molecule has 17 heavy (non-hydrogen) atoms. The molecular formula is C10H15ClN4O2. The lowest BCUT2D eigenvalue weighted by Crippen LogP contribution is -2.33. The molecule has 0 saturated carbocycles. The highest BCUT2D eigenvalue weighted by Gasteiger charge is 2.18. The number of anilines is 1. The minimum Gasteiger partial charge on any atom is -0.395 e. The minimum absolute atomic E-state index is 0.0205. The van der Waals surface area contributed by atoms with Crippen LogP contribution in [0.5, 0.6) is 0 Å². The summed E-state index contributed by atoms with van der Waals surface area (Å²) in [6.07, 6.45) is -0.0982. The van der Waals surface area contributed by atoms with Crippen molar-refractivity contribution < 1.29 is 9.84 Å². The first kappa shape index (κ1) is 12.5. The Morgan fingerprint density at radius 3 is 3.18 bits per heavy atom. The number of halogens is 1. The molecule has 6 nitrogen and oxygen atoms in total. The fraction of sp³-hybridized carbons (Fsp3) is 0.600. The Morgan fingerprint density at radius 1 is 1.59 bits per heavy atom. The molecule has 0 bridgehead atoms. The number of aliphatic hydroxyl groups excluding tert-OH is 1. The summed E-state index contributed by atoms with van der Waals surface area (Å²) in [6.45, 7) is 2.64. The SMILES string of the molecule is OCCNc1nc(Cl)cc(C2CNCCO2)n1. The summed E-state index contributed by atoms with van der Waals surface area (Å²) in [5.74, 6) is 0.413. The molecule has 0 aliphatic carbocycles. The van der Waals surface area contributed by atoms with Crippen LogP contribution < -0.4 is 10.6 Å². The summed E-state index contributed by atoms with van der Waals surface area (Å²) in [7, 11) is 0. The molecule has 94 valence electrons. The zero-order valence-electron chi connectivity index (χ0n) is 9.32. The number of aromatic nitrogens is 2. The summed E-state index contributed by atoms with van der Waals surface area (Å²) in [4.78, 5) is 8.33. The molecule has 1 aliphatic heterocycles. The third kappa shape index (κ3) is 3.50. The Labute approximate surface area is 104 Å². The molecule has 1 aliphatic rings. The maximum absolute atomic E-state index is 8.73. The maximum Gasteiger partial charge on any atom is 0.224 e. The molecule has 3 N–H and O–H groups in total. The van der Waals surface area contributed by atoms with Crippen LogP contribution in [-0.4, -0.2) is 47.9 Å².